The number of rotatable bonds is 13. The van der Waals surface area contributed by atoms with Gasteiger partial charge >= 0.3 is 0 Å². The zero-order valence-corrected chi connectivity index (χ0v) is 22.2. The topological polar surface area (TPSA) is 136 Å². The van der Waals surface area contributed by atoms with Gasteiger partial charge in [-0.05, 0) is 56.9 Å². The van der Waals surface area contributed by atoms with Crippen LogP contribution in [0.4, 0.5) is 11.4 Å². The summed E-state index contributed by atoms with van der Waals surface area (Å²) >= 11 is 0. The molecule has 2 aromatic carbocycles. The van der Waals surface area contributed by atoms with Crippen LogP contribution >= 0.6 is 0 Å². The highest BCUT2D eigenvalue weighted by Crippen LogP contribution is 2.42. The molecule has 2 amide bonds. The van der Waals surface area contributed by atoms with Gasteiger partial charge in [0.2, 0.25) is 12.2 Å². The summed E-state index contributed by atoms with van der Waals surface area (Å²) < 4.78 is 17.8. The summed E-state index contributed by atoms with van der Waals surface area (Å²) in [5, 5.41) is 16.2. The van der Waals surface area contributed by atoms with E-state index in [1.807, 2.05) is 49.4 Å². The van der Waals surface area contributed by atoms with E-state index in [0.29, 0.717) is 56.6 Å². The molecule has 0 spiro atoms. The number of nitrogens with one attached hydrogen (secondary N) is 2. The van der Waals surface area contributed by atoms with Crippen molar-refractivity contribution in [1.29, 1.82) is 0 Å². The van der Waals surface area contributed by atoms with Crippen molar-refractivity contribution in [2.24, 2.45) is 5.92 Å². The second-order valence-electron chi connectivity index (χ2n) is 9.56. The predicted molar refractivity (Wildman–Crippen MR) is 150 cm³/mol. The number of nitrogen functional groups attached to an aromatic ring is 1. The molecule has 5 N–H and O–H groups in total. The second-order valence-corrected chi connectivity index (χ2v) is 9.56. The fraction of sp³-hybridized carbons (Fsp3) is 0.400. The van der Waals surface area contributed by atoms with Gasteiger partial charge in [0.25, 0.3) is 5.91 Å². The first kappa shape index (κ1) is 28.2. The highest BCUT2D eigenvalue weighted by Gasteiger charge is 2.39. The van der Waals surface area contributed by atoms with E-state index in [9.17, 15) is 14.7 Å². The first-order valence-corrected chi connectivity index (χ1v) is 13.5. The first-order valence-electron chi connectivity index (χ1n) is 13.5. The van der Waals surface area contributed by atoms with Crippen LogP contribution in [0.2, 0.25) is 0 Å². The second kappa shape index (κ2) is 13.8. The number of hydrogen-bond donors (Lipinski definition) is 4. The predicted octanol–water partition coefficient (Wildman–Crippen LogP) is 4.69. The fourth-order valence-corrected chi connectivity index (χ4v) is 4.90. The molecule has 3 aromatic rings. The monoisotopic (exact) mass is 535 g/mol. The lowest BCUT2D eigenvalue weighted by atomic mass is 9.80. The maximum Gasteiger partial charge on any atom is 0.286 e. The molecule has 9 heteroatoms. The Kier molecular flexibility index (Phi) is 9.99. The number of unbranched alkanes of at least 4 members (excludes halogenated alkanes) is 1. The van der Waals surface area contributed by atoms with Gasteiger partial charge in [0.1, 0.15) is 5.58 Å². The average molecular weight is 536 g/mol. The molecule has 208 valence electrons. The molecular formula is C30H37N3O6. The summed E-state index contributed by atoms with van der Waals surface area (Å²) in [4.78, 5) is 25.3. The SMILES string of the molecule is CCO[C@H]1OC(C(=O)NCCCCC(=O)Nc2ccccc2N)=C[C@@H](c2coc3ccccc23)[C@@H]1CCCO. The van der Waals surface area contributed by atoms with Crippen molar-refractivity contribution in [2.45, 2.75) is 51.2 Å². The van der Waals surface area contributed by atoms with Crippen LogP contribution in [0.1, 0.15) is 50.5 Å². The molecule has 0 unspecified atom stereocenters. The van der Waals surface area contributed by atoms with E-state index in [1.54, 1.807) is 18.4 Å². The Balaban J connectivity index is 1.39. The van der Waals surface area contributed by atoms with Crippen molar-refractivity contribution in [3.8, 4) is 0 Å². The van der Waals surface area contributed by atoms with Gasteiger partial charge in [-0.3, -0.25) is 9.59 Å². The highest BCUT2D eigenvalue weighted by molar-refractivity contribution is 5.94. The molecular weight excluding hydrogens is 498 g/mol. The van der Waals surface area contributed by atoms with Gasteiger partial charge in [0, 0.05) is 49.0 Å². The van der Waals surface area contributed by atoms with Gasteiger partial charge < -0.3 is 35.4 Å². The standard InChI is InChI=1S/C30H37N3O6/c1-2-37-30-21(11-9-17-34)22(23-19-38-26-14-6-3-10-20(23)26)18-27(39-30)29(36)32-16-8-7-15-28(35)33-25-13-5-4-12-24(25)31/h3-6,10,12-14,18-19,21-22,30,34H,2,7-9,11,15-17,31H2,1H3,(H,32,36)(H,33,35)/t21-,22+,30-/m0/s1. The molecule has 0 saturated carbocycles. The number of ether oxygens (including phenoxy) is 2. The Labute approximate surface area is 228 Å². The zero-order chi connectivity index (χ0) is 27.6. The van der Waals surface area contributed by atoms with Crippen molar-refractivity contribution in [2.75, 3.05) is 30.8 Å². The fourth-order valence-electron chi connectivity index (χ4n) is 4.90. The Morgan fingerprint density at radius 3 is 2.67 bits per heavy atom. The number of aliphatic hydroxyl groups is 1. The molecule has 1 aliphatic rings. The Hall–Kier alpha value is -3.82. The molecule has 0 radical (unpaired) electrons. The molecule has 1 aliphatic heterocycles. The highest BCUT2D eigenvalue weighted by atomic mass is 16.7. The van der Waals surface area contributed by atoms with Crippen LogP contribution in [0.3, 0.4) is 0 Å². The molecule has 1 aromatic heterocycles. The molecule has 0 saturated heterocycles. The van der Waals surface area contributed by atoms with Crippen molar-refractivity contribution in [3.05, 3.63) is 72.2 Å². The number of amides is 2. The number of para-hydroxylation sites is 3. The summed E-state index contributed by atoms with van der Waals surface area (Å²) in [5.41, 5.74) is 8.71. The lowest BCUT2D eigenvalue weighted by Gasteiger charge is -2.36. The van der Waals surface area contributed by atoms with E-state index < -0.39 is 6.29 Å². The summed E-state index contributed by atoms with van der Waals surface area (Å²) in [6, 6.07) is 14.9. The lowest BCUT2D eigenvalue weighted by Crippen LogP contribution is -2.39. The van der Waals surface area contributed by atoms with E-state index in [2.05, 4.69) is 10.6 Å². The van der Waals surface area contributed by atoms with E-state index in [1.165, 1.54) is 0 Å². The van der Waals surface area contributed by atoms with Crippen molar-refractivity contribution >= 4 is 34.2 Å². The Morgan fingerprint density at radius 2 is 1.87 bits per heavy atom. The summed E-state index contributed by atoms with van der Waals surface area (Å²) in [6.07, 6.45) is 5.72. The summed E-state index contributed by atoms with van der Waals surface area (Å²) in [7, 11) is 0. The Bertz CT molecular complexity index is 1290. The number of benzene rings is 2. The number of fused-ring (bicyclic) bond motifs is 1. The van der Waals surface area contributed by atoms with Gasteiger partial charge in [-0.15, -0.1) is 0 Å². The van der Waals surface area contributed by atoms with Gasteiger partial charge in [-0.25, -0.2) is 0 Å². The molecule has 3 atom stereocenters. The Morgan fingerprint density at radius 1 is 1.08 bits per heavy atom. The minimum absolute atomic E-state index is 0.0576. The third-order valence-electron chi connectivity index (χ3n) is 6.86. The number of furan rings is 1. The lowest BCUT2D eigenvalue weighted by molar-refractivity contribution is -0.166. The third-order valence-corrected chi connectivity index (χ3v) is 6.86. The number of aliphatic hydroxyl groups excluding tert-OH is 1. The van der Waals surface area contributed by atoms with Crippen LogP contribution in [0, 0.1) is 5.92 Å². The number of allylic oxidation sites excluding steroid dienone is 1. The largest absolute Gasteiger partial charge is 0.464 e. The van der Waals surface area contributed by atoms with E-state index in [-0.39, 0.29) is 36.0 Å². The molecule has 4 rings (SSSR count). The number of anilines is 2. The van der Waals surface area contributed by atoms with Crippen molar-refractivity contribution in [1.82, 2.24) is 5.32 Å². The number of hydrogen-bond acceptors (Lipinski definition) is 7. The third kappa shape index (κ3) is 7.19. The van der Waals surface area contributed by atoms with Crippen LogP contribution in [-0.4, -0.2) is 43.0 Å². The van der Waals surface area contributed by atoms with Crippen LogP contribution in [0.15, 0.2) is 71.0 Å². The normalized spacial score (nSPS) is 18.8. The van der Waals surface area contributed by atoms with Crippen LogP contribution < -0.4 is 16.4 Å². The average Bonchev–Trinajstić information content (AvgIpc) is 3.37. The molecule has 0 bridgehead atoms. The van der Waals surface area contributed by atoms with Gasteiger partial charge in [0.15, 0.2) is 5.76 Å². The molecule has 0 fully saturated rings. The summed E-state index contributed by atoms with van der Waals surface area (Å²) in [5.74, 6) is -0.561. The smallest absolute Gasteiger partial charge is 0.286 e. The number of nitrogens with two attached hydrogens (primary N) is 1. The van der Waals surface area contributed by atoms with Gasteiger partial charge in [-0.2, -0.15) is 0 Å². The first-order chi connectivity index (χ1) is 19.0. The van der Waals surface area contributed by atoms with Gasteiger partial charge in [-0.1, -0.05) is 30.3 Å². The van der Waals surface area contributed by atoms with Crippen LogP contribution in [0.5, 0.6) is 0 Å². The van der Waals surface area contributed by atoms with E-state index >= 15 is 0 Å². The molecule has 9 nitrogen and oxygen atoms in total. The number of carbonyl (C=O) groups is 2. The zero-order valence-electron chi connectivity index (χ0n) is 22.2. The molecule has 2 heterocycles. The van der Waals surface area contributed by atoms with Crippen molar-refractivity contribution in [3.63, 3.8) is 0 Å². The molecule has 0 aliphatic carbocycles. The minimum Gasteiger partial charge on any atom is -0.464 e. The molecule has 39 heavy (non-hydrogen) atoms. The van der Waals surface area contributed by atoms with Crippen LogP contribution in [0.25, 0.3) is 11.0 Å². The summed E-state index contributed by atoms with van der Waals surface area (Å²) in [6.45, 7) is 2.76. The minimum atomic E-state index is -0.639. The van der Waals surface area contributed by atoms with Crippen LogP contribution in [-0.2, 0) is 19.1 Å². The van der Waals surface area contributed by atoms with E-state index in [0.717, 1.165) is 16.5 Å². The maximum absolute atomic E-state index is 13.1. The van der Waals surface area contributed by atoms with Gasteiger partial charge in [0.05, 0.1) is 17.6 Å². The number of carbonyl (C=O) groups excluding carboxylic acids is 2. The van der Waals surface area contributed by atoms with E-state index in [4.69, 9.17) is 19.6 Å². The van der Waals surface area contributed by atoms with Crippen molar-refractivity contribution < 1.29 is 28.6 Å². The maximum atomic E-state index is 13.1. The quantitative estimate of drug-likeness (QED) is 0.184.